The van der Waals surface area contributed by atoms with Crippen LogP contribution in [-0.4, -0.2) is 7.05 Å². The lowest BCUT2D eigenvalue weighted by atomic mass is 9.98. The first kappa shape index (κ1) is 13.8. The molecule has 1 aromatic carbocycles. The fraction of sp³-hybridized carbons (Fsp3) is 0.333. The number of benzene rings is 1. The summed E-state index contributed by atoms with van der Waals surface area (Å²) in [5.41, 5.74) is 4.00. The van der Waals surface area contributed by atoms with Crippen LogP contribution in [0.3, 0.4) is 0 Å². The highest BCUT2D eigenvalue weighted by Crippen LogP contribution is 2.36. The molecule has 1 heterocycles. The first-order valence-corrected chi connectivity index (χ1v) is 7.64. The van der Waals surface area contributed by atoms with Gasteiger partial charge in [-0.15, -0.1) is 11.3 Å². The van der Waals surface area contributed by atoms with E-state index in [1.54, 1.807) is 0 Å². The number of halogens is 1. The van der Waals surface area contributed by atoms with E-state index in [9.17, 15) is 0 Å². The molecule has 0 amide bonds. The van der Waals surface area contributed by atoms with Crippen molar-refractivity contribution < 1.29 is 0 Å². The van der Waals surface area contributed by atoms with Crippen molar-refractivity contribution in [3.8, 4) is 0 Å². The van der Waals surface area contributed by atoms with Gasteiger partial charge < -0.3 is 5.32 Å². The summed E-state index contributed by atoms with van der Waals surface area (Å²) in [4.78, 5) is 2.69. The van der Waals surface area contributed by atoms with Crippen LogP contribution in [0.15, 0.2) is 28.7 Å². The van der Waals surface area contributed by atoms with Crippen LogP contribution in [-0.2, 0) is 0 Å². The molecule has 18 heavy (non-hydrogen) atoms. The van der Waals surface area contributed by atoms with Crippen LogP contribution in [0, 0.1) is 20.8 Å². The molecule has 0 radical (unpaired) electrons. The summed E-state index contributed by atoms with van der Waals surface area (Å²) in [5.74, 6) is 0. The van der Waals surface area contributed by atoms with Gasteiger partial charge in [-0.1, -0.05) is 23.8 Å². The molecule has 3 heteroatoms. The summed E-state index contributed by atoms with van der Waals surface area (Å²) in [6, 6.07) is 9.09. The van der Waals surface area contributed by atoms with E-state index in [0.717, 1.165) is 0 Å². The predicted octanol–water partition coefficient (Wildman–Crippen LogP) is 4.74. The highest BCUT2D eigenvalue weighted by atomic mass is 79.9. The first-order valence-electron chi connectivity index (χ1n) is 6.03. The molecule has 1 nitrogen and oxygen atoms in total. The molecule has 1 atom stereocenters. The van der Waals surface area contributed by atoms with Gasteiger partial charge in [-0.2, -0.15) is 0 Å². The third-order valence-electron chi connectivity index (χ3n) is 3.13. The Labute approximate surface area is 121 Å². The zero-order valence-corrected chi connectivity index (χ0v) is 13.6. The monoisotopic (exact) mass is 323 g/mol. The normalized spacial score (nSPS) is 12.7. The van der Waals surface area contributed by atoms with Gasteiger partial charge in [-0.3, -0.25) is 0 Å². The van der Waals surface area contributed by atoms with E-state index < -0.39 is 0 Å². The Morgan fingerprint density at radius 3 is 2.44 bits per heavy atom. The standard InChI is InChI=1S/C15H18BrNS/c1-9-5-6-10(2)12(7-9)14(17-4)15-13(16)8-11(3)18-15/h5-8,14,17H,1-4H3. The highest BCUT2D eigenvalue weighted by molar-refractivity contribution is 9.10. The first-order chi connectivity index (χ1) is 8.52. The zero-order chi connectivity index (χ0) is 13.3. The second kappa shape index (κ2) is 5.55. The average molecular weight is 324 g/mol. The maximum absolute atomic E-state index is 3.67. The lowest BCUT2D eigenvalue weighted by Crippen LogP contribution is -2.18. The summed E-state index contributed by atoms with van der Waals surface area (Å²) >= 11 is 5.52. The molecule has 1 unspecified atom stereocenters. The molecule has 0 aliphatic heterocycles. The van der Waals surface area contributed by atoms with Crippen LogP contribution < -0.4 is 5.32 Å². The Morgan fingerprint density at radius 1 is 1.17 bits per heavy atom. The minimum Gasteiger partial charge on any atom is -0.309 e. The molecule has 0 saturated heterocycles. The van der Waals surface area contributed by atoms with Crippen LogP contribution in [0.25, 0.3) is 0 Å². The molecule has 2 aromatic rings. The number of hydrogen-bond acceptors (Lipinski definition) is 2. The van der Waals surface area contributed by atoms with Crippen LogP contribution in [0.1, 0.15) is 32.5 Å². The van der Waals surface area contributed by atoms with Gasteiger partial charge in [0, 0.05) is 14.2 Å². The lowest BCUT2D eigenvalue weighted by Gasteiger charge is -2.19. The average Bonchev–Trinajstić information content (AvgIpc) is 2.64. The fourth-order valence-electron chi connectivity index (χ4n) is 2.20. The van der Waals surface area contributed by atoms with E-state index in [1.807, 2.05) is 18.4 Å². The SMILES string of the molecule is CNC(c1cc(C)ccc1C)c1sc(C)cc1Br. The van der Waals surface area contributed by atoms with Crippen molar-refractivity contribution in [2.24, 2.45) is 0 Å². The summed E-state index contributed by atoms with van der Waals surface area (Å²) in [5, 5.41) is 3.44. The van der Waals surface area contributed by atoms with E-state index in [4.69, 9.17) is 0 Å². The number of hydrogen-bond donors (Lipinski definition) is 1. The summed E-state index contributed by atoms with van der Waals surface area (Å²) < 4.78 is 1.20. The number of thiophene rings is 1. The van der Waals surface area contributed by atoms with E-state index in [-0.39, 0.29) is 6.04 Å². The van der Waals surface area contributed by atoms with Crippen molar-refractivity contribution in [1.82, 2.24) is 5.32 Å². The van der Waals surface area contributed by atoms with Gasteiger partial charge in [0.1, 0.15) is 0 Å². The third-order valence-corrected chi connectivity index (χ3v) is 5.17. The molecule has 0 bridgehead atoms. The van der Waals surface area contributed by atoms with Crippen LogP contribution >= 0.6 is 27.3 Å². The Balaban J connectivity index is 2.51. The van der Waals surface area contributed by atoms with Crippen molar-refractivity contribution in [1.29, 1.82) is 0 Å². The summed E-state index contributed by atoms with van der Waals surface area (Å²) in [6.45, 7) is 6.46. The maximum Gasteiger partial charge on any atom is 0.0682 e. The molecular formula is C15H18BrNS. The van der Waals surface area contributed by atoms with Crippen molar-refractivity contribution in [2.75, 3.05) is 7.05 Å². The van der Waals surface area contributed by atoms with Crippen LogP contribution in [0.2, 0.25) is 0 Å². The van der Waals surface area contributed by atoms with Crippen molar-refractivity contribution in [3.05, 3.63) is 55.2 Å². The lowest BCUT2D eigenvalue weighted by molar-refractivity contribution is 0.696. The summed E-state index contributed by atoms with van der Waals surface area (Å²) in [6.07, 6.45) is 0. The van der Waals surface area contributed by atoms with Gasteiger partial charge in [0.15, 0.2) is 0 Å². The fourth-order valence-corrected chi connectivity index (χ4v) is 4.21. The minimum absolute atomic E-state index is 0.262. The second-order valence-electron chi connectivity index (χ2n) is 4.65. The number of aryl methyl sites for hydroxylation is 3. The Morgan fingerprint density at radius 2 is 1.89 bits per heavy atom. The highest BCUT2D eigenvalue weighted by Gasteiger charge is 2.19. The molecule has 2 rings (SSSR count). The van der Waals surface area contributed by atoms with Crippen LogP contribution in [0.4, 0.5) is 0 Å². The van der Waals surface area contributed by atoms with Crippen molar-refractivity contribution >= 4 is 27.3 Å². The van der Waals surface area contributed by atoms with Gasteiger partial charge in [0.25, 0.3) is 0 Å². The van der Waals surface area contributed by atoms with E-state index >= 15 is 0 Å². The summed E-state index contributed by atoms with van der Waals surface area (Å²) in [7, 11) is 2.02. The Bertz CT molecular complexity index is 560. The molecule has 0 saturated carbocycles. The van der Waals surface area contributed by atoms with Crippen molar-refractivity contribution in [2.45, 2.75) is 26.8 Å². The molecule has 1 aromatic heterocycles. The van der Waals surface area contributed by atoms with Crippen LogP contribution in [0.5, 0.6) is 0 Å². The van der Waals surface area contributed by atoms with Crippen molar-refractivity contribution in [3.63, 3.8) is 0 Å². The zero-order valence-electron chi connectivity index (χ0n) is 11.2. The molecule has 0 aliphatic rings. The number of nitrogens with one attached hydrogen (secondary N) is 1. The Hall–Kier alpha value is -0.640. The smallest absolute Gasteiger partial charge is 0.0682 e. The van der Waals surface area contributed by atoms with E-state index in [2.05, 4.69) is 66.3 Å². The van der Waals surface area contributed by atoms with Gasteiger partial charge >= 0.3 is 0 Å². The molecule has 0 fully saturated rings. The second-order valence-corrected chi connectivity index (χ2v) is 6.79. The van der Waals surface area contributed by atoms with Gasteiger partial charge in [-0.05, 0) is 60.9 Å². The molecule has 96 valence electrons. The van der Waals surface area contributed by atoms with Gasteiger partial charge in [0.05, 0.1) is 6.04 Å². The molecule has 0 aliphatic carbocycles. The van der Waals surface area contributed by atoms with Gasteiger partial charge in [-0.25, -0.2) is 0 Å². The van der Waals surface area contributed by atoms with E-state index in [0.29, 0.717) is 0 Å². The largest absolute Gasteiger partial charge is 0.309 e. The topological polar surface area (TPSA) is 12.0 Å². The Kier molecular flexibility index (Phi) is 4.25. The van der Waals surface area contributed by atoms with E-state index in [1.165, 1.54) is 30.9 Å². The predicted molar refractivity (Wildman–Crippen MR) is 83.6 cm³/mol. The number of rotatable bonds is 3. The van der Waals surface area contributed by atoms with Gasteiger partial charge in [0.2, 0.25) is 0 Å². The molecular weight excluding hydrogens is 306 g/mol. The molecule has 0 spiro atoms. The minimum atomic E-state index is 0.262. The quantitative estimate of drug-likeness (QED) is 0.859. The third kappa shape index (κ3) is 2.68. The molecule has 1 N–H and O–H groups in total. The maximum atomic E-state index is 3.67.